The average molecular weight is 319 g/mol. The molecule has 0 saturated heterocycles. The van der Waals surface area contributed by atoms with Gasteiger partial charge in [-0.3, -0.25) is 0 Å². The fourth-order valence-corrected chi connectivity index (χ4v) is 1.99. The van der Waals surface area contributed by atoms with E-state index in [0.29, 0.717) is 24.0 Å². The lowest BCUT2D eigenvalue weighted by molar-refractivity contribution is 0.518. The van der Waals surface area contributed by atoms with Crippen LogP contribution in [-0.2, 0) is 6.54 Å². The van der Waals surface area contributed by atoms with E-state index in [-0.39, 0.29) is 5.02 Å². The highest BCUT2D eigenvalue weighted by molar-refractivity contribution is 6.31. The summed E-state index contributed by atoms with van der Waals surface area (Å²) in [4.78, 5) is 8.42. The van der Waals surface area contributed by atoms with Gasteiger partial charge in [0.15, 0.2) is 0 Å². The van der Waals surface area contributed by atoms with E-state index in [4.69, 9.17) is 16.0 Å². The van der Waals surface area contributed by atoms with Crippen molar-refractivity contribution in [2.45, 2.75) is 6.54 Å². The highest BCUT2D eigenvalue weighted by Gasteiger charge is 2.04. The van der Waals surface area contributed by atoms with Gasteiger partial charge in [0.25, 0.3) is 0 Å². The van der Waals surface area contributed by atoms with E-state index in [1.165, 1.54) is 12.1 Å². The Morgan fingerprint density at radius 3 is 2.91 bits per heavy atom. The number of nitrogens with zero attached hydrogens (tertiary/aromatic N) is 2. The van der Waals surface area contributed by atoms with Crippen LogP contribution in [0.25, 0.3) is 0 Å². The molecular formula is C15H12ClFN4O. The largest absolute Gasteiger partial charge is 0.467 e. The zero-order valence-corrected chi connectivity index (χ0v) is 12.1. The number of hydrogen-bond acceptors (Lipinski definition) is 5. The van der Waals surface area contributed by atoms with Crippen molar-refractivity contribution >= 4 is 29.1 Å². The van der Waals surface area contributed by atoms with Crippen molar-refractivity contribution in [3.63, 3.8) is 0 Å². The van der Waals surface area contributed by atoms with Gasteiger partial charge in [-0.25, -0.2) is 9.37 Å². The molecule has 112 valence electrons. The average Bonchev–Trinajstić information content (AvgIpc) is 3.03. The van der Waals surface area contributed by atoms with E-state index in [0.717, 1.165) is 5.76 Å². The molecule has 0 bridgehead atoms. The van der Waals surface area contributed by atoms with Crippen molar-refractivity contribution in [1.29, 1.82) is 0 Å². The first-order chi connectivity index (χ1) is 10.7. The summed E-state index contributed by atoms with van der Waals surface area (Å²) < 4.78 is 18.4. The molecule has 0 aliphatic rings. The standard InChI is InChI=1S/C15H12ClFN4O/c16-12-8-10(3-4-13(12)17)20-15-18-6-5-14(21-15)19-9-11-2-1-7-22-11/h1-8H,9H2,(H2,18,19,20,21). The summed E-state index contributed by atoms with van der Waals surface area (Å²) in [6.07, 6.45) is 3.23. The Hall–Kier alpha value is -2.60. The first-order valence-corrected chi connectivity index (χ1v) is 6.90. The van der Waals surface area contributed by atoms with Crippen LogP contribution >= 0.6 is 11.6 Å². The molecule has 0 atom stereocenters. The van der Waals surface area contributed by atoms with Gasteiger partial charge in [0.05, 0.1) is 17.8 Å². The molecule has 0 saturated carbocycles. The minimum Gasteiger partial charge on any atom is -0.467 e. The summed E-state index contributed by atoms with van der Waals surface area (Å²) >= 11 is 5.74. The molecule has 0 amide bonds. The summed E-state index contributed by atoms with van der Waals surface area (Å²) in [6, 6.07) is 9.75. The molecule has 0 unspecified atom stereocenters. The van der Waals surface area contributed by atoms with Crippen LogP contribution in [0.15, 0.2) is 53.3 Å². The Bertz CT molecular complexity index is 764. The second-order valence-corrected chi connectivity index (χ2v) is 4.86. The van der Waals surface area contributed by atoms with Crippen LogP contribution in [0.5, 0.6) is 0 Å². The number of benzene rings is 1. The highest BCUT2D eigenvalue weighted by Crippen LogP contribution is 2.21. The molecule has 0 aliphatic heterocycles. The maximum Gasteiger partial charge on any atom is 0.229 e. The second kappa shape index (κ2) is 6.44. The van der Waals surface area contributed by atoms with Crippen molar-refractivity contribution in [3.8, 4) is 0 Å². The predicted molar refractivity (Wildman–Crippen MR) is 82.8 cm³/mol. The van der Waals surface area contributed by atoms with Crippen LogP contribution in [-0.4, -0.2) is 9.97 Å². The number of hydrogen-bond donors (Lipinski definition) is 2. The molecule has 0 aliphatic carbocycles. The maximum absolute atomic E-state index is 13.1. The van der Waals surface area contributed by atoms with E-state index in [9.17, 15) is 4.39 Å². The molecule has 7 heteroatoms. The van der Waals surface area contributed by atoms with Gasteiger partial charge < -0.3 is 15.1 Å². The maximum atomic E-state index is 13.1. The van der Waals surface area contributed by atoms with E-state index in [2.05, 4.69) is 20.6 Å². The SMILES string of the molecule is Fc1ccc(Nc2nccc(NCc3ccco3)n2)cc1Cl. The summed E-state index contributed by atoms with van der Waals surface area (Å²) in [7, 11) is 0. The molecule has 3 rings (SSSR count). The van der Waals surface area contributed by atoms with Gasteiger partial charge in [-0.2, -0.15) is 4.98 Å². The fraction of sp³-hybridized carbons (Fsp3) is 0.0667. The van der Waals surface area contributed by atoms with Crippen LogP contribution in [0.2, 0.25) is 5.02 Å². The Kier molecular flexibility index (Phi) is 4.20. The highest BCUT2D eigenvalue weighted by atomic mass is 35.5. The van der Waals surface area contributed by atoms with E-state index < -0.39 is 5.82 Å². The summed E-state index contributed by atoms with van der Waals surface area (Å²) in [5, 5.41) is 6.13. The normalized spacial score (nSPS) is 10.5. The fourth-order valence-electron chi connectivity index (χ4n) is 1.81. The summed E-state index contributed by atoms with van der Waals surface area (Å²) in [6.45, 7) is 0.520. The molecule has 22 heavy (non-hydrogen) atoms. The molecule has 2 heterocycles. The molecule has 0 fully saturated rings. The van der Waals surface area contributed by atoms with Gasteiger partial charge in [0.1, 0.15) is 17.4 Å². The molecular weight excluding hydrogens is 307 g/mol. The summed E-state index contributed by atoms with van der Waals surface area (Å²) in [5.41, 5.74) is 0.606. The number of aromatic nitrogens is 2. The quantitative estimate of drug-likeness (QED) is 0.737. The topological polar surface area (TPSA) is 63.0 Å². The van der Waals surface area contributed by atoms with Gasteiger partial charge in [0.2, 0.25) is 5.95 Å². The Morgan fingerprint density at radius 1 is 1.23 bits per heavy atom. The van der Waals surface area contributed by atoms with Crippen molar-refractivity contribution in [2.24, 2.45) is 0 Å². The lowest BCUT2D eigenvalue weighted by Gasteiger charge is -2.08. The van der Waals surface area contributed by atoms with Gasteiger partial charge in [-0.1, -0.05) is 11.6 Å². The van der Waals surface area contributed by atoms with Gasteiger partial charge >= 0.3 is 0 Å². The van der Waals surface area contributed by atoms with Crippen LogP contribution in [0.1, 0.15) is 5.76 Å². The zero-order valence-electron chi connectivity index (χ0n) is 11.4. The van der Waals surface area contributed by atoms with Gasteiger partial charge in [-0.15, -0.1) is 0 Å². The Labute approximate surface area is 131 Å². The molecule has 5 nitrogen and oxygen atoms in total. The van der Waals surface area contributed by atoms with Crippen LogP contribution in [0, 0.1) is 5.82 Å². The van der Waals surface area contributed by atoms with Gasteiger partial charge in [-0.05, 0) is 36.4 Å². The molecule has 2 aromatic heterocycles. The van der Waals surface area contributed by atoms with E-state index in [1.54, 1.807) is 24.6 Å². The number of nitrogens with one attached hydrogen (secondary N) is 2. The third-order valence-electron chi connectivity index (χ3n) is 2.86. The number of furan rings is 1. The third kappa shape index (κ3) is 3.53. The minimum atomic E-state index is -0.470. The number of anilines is 3. The number of rotatable bonds is 5. The predicted octanol–water partition coefficient (Wildman–Crippen LogP) is 4.22. The molecule has 0 spiro atoms. The van der Waals surface area contributed by atoms with E-state index >= 15 is 0 Å². The van der Waals surface area contributed by atoms with E-state index in [1.807, 2.05) is 12.1 Å². The van der Waals surface area contributed by atoms with Crippen molar-refractivity contribution < 1.29 is 8.81 Å². The molecule has 3 aromatic rings. The first-order valence-electron chi connectivity index (χ1n) is 6.52. The summed E-state index contributed by atoms with van der Waals surface area (Å²) in [5.74, 6) is 1.36. The Balaban J connectivity index is 1.69. The van der Waals surface area contributed by atoms with Crippen molar-refractivity contribution in [1.82, 2.24) is 9.97 Å². The van der Waals surface area contributed by atoms with Crippen LogP contribution in [0.4, 0.5) is 21.8 Å². The van der Waals surface area contributed by atoms with Crippen LogP contribution in [0.3, 0.4) is 0 Å². The zero-order chi connectivity index (χ0) is 15.4. The van der Waals surface area contributed by atoms with Crippen molar-refractivity contribution in [3.05, 3.63) is 65.5 Å². The van der Waals surface area contributed by atoms with Gasteiger partial charge in [0, 0.05) is 11.9 Å². The smallest absolute Gasteiger partial charge is 0.229 e. The van der Waals surface area contributed by atoms with Crippen molar-refractivity contribution in [2.75, 3.05) is 10.6 Å². The molecule has 1 aromatic carbocycles. The molecule has 2 N–H and O–H groups in total. The van der Waals surface area contributed by atoms with Crippen LogP contribution < -0.4 is 10.6 Å². The lowest BCUT2D eigenvalue weighted by Crippen LogP contribution is -2.03. The Morgan fingerprint density at radius 2 is 2.14 bits per heavy atom. The third-order valence-corrected chi connectivity index (χ3v) is 3.14. The monoisotopic (exact) mass is 318 g/mol. The minimum absolute atomic E-state index is 0.0390. The lowest BCUT2D eigenvalue weighted by atomic mass is 10.3. The second-order valence-electron chi connectivity index (χ2n) is 4.45. The number of halogens is 2. The molecule has 0 radical (unpaired) electrons. The first kappa shape index (κ1) is 14.3.